The van der Waals surface area contributed by atoms with Gasteiger partial charge >= 0.3 is 6.09 Å². The smallest absolute Gasteiger partial charge is 0.405 e. The Morgan fingerprint density at radius 1 is 1.40 bits per heavy atom. The number of carboxylic acid groups (broad SMARTS) is 1. The van der Waals surface area contributed by atoms with Crippen LogP contribution < -0.4 is 5.32 Å². The van der Waals surface area contributed by atoms with Gasteiger partial charge in [0.25, 0.3) is 0 Å². The predicted octanol–water partition coefficient (Wildman–Crippen LogP) is 1.45. The third-order valence-electron chi connectivity index (χ3n) is 2.06. The van der Waals surface area contributed by atoms with Gasteiger partial charge in [-0.1, -0.05) is 30.3 Å². The number of carbonyl (C=O) groups excluding carboxylic acids is 1. The molecule has 0 radical (unpaired) electrons. The summed E-state index contributed by atoms with van der Waals surface area (Å²) < 4.78 is 0. The summed E-state index contributed by atoms with van der Waals surface area (Å²) in [6, 6.07) is 9.01. The van der Waals surface area contributed by atoms with E-state index in [1.165, 1.54) is 0 Å². The van der Waals surface area contributed by atoms with Gasteiger partial charge in [-0.25, -0.2) is 4.79 Å². The number of nitrogens with one attached hydrogen (secondary N) is 1. The lowest BCUT2D eigenvalue weighted by Crippen LogP contribution is -2.35. The van der Waals surface area contributed by atoms with Gasteiger partial charge in [0.1, 0.15) is 6.29 Å². The maximum absolute atomic E-state index is 10.5. The first-order valence-electron chi connectivity index (χ1n) is 4.71. The number of benzene rings is 1. The number of amides is 1. The molecule has 0 heterocycles. The number of aryl methyl sites for hydroxylation is 1. The summed E-state index contributed by atoms with van der Waals surface area (Å²) >= 11 is 0. The average Bonchev–Trinajstić information content (AvgIpc) is 2.25. The van der Waals surface area contributed by atoms with Crippen molar-refractivity contribution in [2.45, 2.75) is 18.9 Å². The van der Waals surface area contributed by atoms with Crippen LogP contribution in [-0.4, -0.2) is 23.5 Å². The molecule has 15 heavy (non-hydrogen) atoms. The van der Waals surface area contributed by atoms with Crippen LogP contribution in [0.25, 0.3) is 0 Å². The lowest BCUT2D eigenvalue weighted by molar-refractivity contribution is -0.109. The fraction of sp³-hybridized carbons (Fsp3) is 0.273. The Kier molecular flexibility index (Phi) is 4.34. The molecule has 2 N–H and O–H groups in total. The summed E-state index contributed by atoms with van der Waals surface area (Å²) in [7, 11) is 0. The monoisotopic (exact) mass is 207 g/mol. The molecule has 0 unspecified atom stereocenters. The fourth-order valence-corrected chi connectivity index (χ4v) is 1.30. The highest BCUT2D eigenvalue weighted by atomic mass is 16.4. The number of hydrogen-bond donors (Lipinski definition) is 2. The molecule has 1 rings (SSSR count). The molecule has 4 nitrogen and oxygen atoms in total. The van der Waals surface area contributed by atoms with Gasteiger partial charge in [-0.05, 0) is 18.4 Å². The summed E-state index contributed by atoms with van der Waals surface area (Å²) in [4.78, 5) is 20.8. The molecular formula is C11H13NO3. The maximum Gasteiger partial charge on any atom is 0.405 e. The Hall–Kier alpha value is -1.84. The minimum atomic E-state index is -1.17. The largest absolute Gasteiger partial charge is 0.465 e. The normalized spacial score (nSPS) is 11.7. The maximum atomic E-state index is 10.5. The molecule has 1 atom stereocenters. The first kappa shape index (κ1) is 11.2. The Bertz CT molecular complexity index is 324. The zero-order chi connectivity index (χ0) is 11.1. The van der Waals surface area contributed by atoms with Crippen molar-refractivity contribution >= 4 is 12.4 Å². The third kappa shape index (κ3) is 4.26. The quantitative estimate of drug-likeness (QED) is 0.718. The van der Waals surface area contributed by atoms with Crippen molar-refractivity contribution in [2.75, 3.05) is 0 Å². The van der Waals surface area contributed by atoms with Crippen LogP contribution in [0.15, 0.2) is 30.3 Å². The molecule has 0 saturated carbocycles. The topological polar surface area (TPSA) is 66.4 Å². The Morgan fingerprint density at radius 3 is 2.60 bits per heavy atom. The number of hydrogen-bond acceptors (Lipinski definition) is 2. The highest BCUT2D eigenvalue weighted by molar-refractivity contribution is 5.71. The fourth-order valence-electron chi connectivity index (χ4n) is 1.30. The Morgan fingerprint density at radius 2 is 2.07 bits per heavy atom. The molecule has 0 aromatic heterocycles. The van der Waals surface area contributed by atoms with Crippen LogP contribution in [-0.2, 0) is 11.2 Å². The second-order valence-electron chi connectivity index (χ2n) is 3.22. The summed E-state index contributed by atoms with van der Waals surface area (Å²) in [5.74, 6) is 0. The Balaban J connectivity index is 2.41. The molecule has 4 heteroatoms. The van der Waals surface area contributed by atoms with Crippen molar-refractivity contribution in [1.29, 1.82) is 0 Å². The van der Waals surface area contributed by atoms with Gasteiger partial charge in [-0.15, -0.1) is 0 Å². The molecule has 0 bridgehead atoms. The summed E-state index contributed by atoms with van der Waals surface area (Å²) in [5.41, 5.74) is 1.09. The lowest BCUT2D eigenvalue weighted by atomic mass is 10.1. The van der Waals surface area contributed by atoms with Gasteiger partial charge in [0, 0.05) is 0 Å². The average molecular weight is 207 g/mol. The number of carbonyl (C=O) groups is 2. The Labute approximate surface area is 87.9 Å². The van der Waals surface area contributed by atoms with Crippen molar-refractivity contribution in [3.8, 4) is 0 Å². The van der Waals surface area contributed by atoms with Crippen molar-refractivity contribution in [2.24, 2.45) is 0 Å². The van der Waals surface area contributed by atoms with Crippen molar-refractivity contribution < 1.29 is 14.7 Å². The van der Waals surface area contributed by atoms with E-state index in [1.807, 2.05) is 30.3 Å². The number of rotatable bonds is 5. The minimum absolute atomic E-state index is 0.486. The van der Waals surface area contributed by atoms with Crippen LogP contribution in [0.1, 0.15) is 12.0 Å². The molecule has 0 aliphatic rings. The SMILES string of the molecule is O=C[C@@H](CCc1ccccc1)NC(=O)O. The molecule has 1 aromatic rings. The second kappa shape index (κ2) is 5.80. The van der Waals surface area contributed by atoms with E-state index in [0.29, 0.717) is 19.1 Å². The zero-order valence-electron chi connectivity index (χ0n) is 8.22. The standard InChI is InChI=1S/C11H13NO3/c13-8-10(12-11(14)15)7-6-9-4-2-1-3-5-9/h1-5,8,10,12H,6-7H2,(H,14,15)/t10-/m1/s1. The lowest BCUT2D eigenvalue weighted by Gasteiger charge is -2.09. The van der Waals surface area contributed by atoms with E-state index in [2.05, 4.69) is 5.32 Å². The van der Waals surface area contributed by atoms with E-state index in [1.54, 1.807) is 0 Å². The summed E-state index contributed by atoms with van der Waals surface area (Å²) in [5, 5.41) is 10.6. The molecule has 0 aliphatic carbocycles. The third-order valence-corrected chi connectivity index (χ3v) is 2.06. The van der Waals surface area contributed by atoms with Crippen LogP contribution in [0.3, 0.4) is 0 Å². The van der Waals surface area contributed by atoms with E-state index in [0.717, 1.165) is 5.56 Å². The summed E-state index contributed by atoms with van der Waals surface area (Å²) in [6.45, 7) is 0. The van der Waals surface area contributed by atoms with E-state index in [9.17, 15) is 9.59 Å². The van der Waals surface area contributed by atoms with Gasteiger partial charge in [0.2, 0.25) is 0 Å². The first-order valence-corrected chi connectivity index (χ1v) is 4.71. The molecule has 0 aliphatic heterocycles. The van der Waals surface area contributed by atoms with Crippen molar-refractivity contribution in [1.82, 2.24) is 5.32 Å². The first-order chi connectivity index (χ1) is 7.22. The second-order valence-corrected chi connectivity index (χ2v) is 3.22. The van der Waals surface area contributed by atoms with Gasteiger partial charge < -0.3 is 15.2 Å². The van der Waals surface area contributed by atoms with Gasteiger partial charge in [0.05, 0.1) is 6.04 Å². The van der Waals surface area contributed by atoms with E-state index >= 15 is 0 Å². The van der Waals surface area contributed by atoms with E-state index in [-0.39, 0.29) is 0 Å². The molecule has 0 saturated heterocycles. The van der Waals surface area contributed by atoms with Gasteiger partial charge in [-0.2, -0.15) is 0 Å². The molecule has 0 fully saturated rings. The summed E-state index contributed by atoms with van der Waals surface area (Å²) in [6.07, 6.45) is 0.627. The van der Waals surface area contributed by atoms with E-state index < -0.39 is 12.1 Å². The van der Waals surface area contributed by atoms with Crippen LogP contribution in [0.2, 0.25) is 0 Å². The molecular weight excluding hydrogens is 194 g/mol. The zero-order valence-corrected chi connectivity index (χ0v) is 8.22. The van der Waals surface area contributed by atoms with Gasteiger partial charge in [0.15, 0.2) is 0 Å². The molecule has 0 spiro atoms. The molecule has 1 amide bonds. The minimum Gasteiger partial charge on any atom is -0.465 e. The highest BCUT2D eigenvalue weighted by Gasteiger charge is 2.09. The van der Waals surface area contributed by atoms with E-state index in [4.69, 9.17) is 5.11 Å². The predicted molar refractivity (Wildman–Crippen MR) is 55.8 cm³/mol. The van der Waals surface area contributed by atoms with Crippen LogP contribution in [0.4, 0.5) is 4.79 Å². The van der Waals surface area contributed by atoms with Crippen LogP contribution >= 0.6 is 0 Å². The molecule has 80 valence electrons. The van der Waals surface area contributed by atoms with Crippen molar-refractivity contribution in [3.05, 3.63) is 35.9 Å². The van der Waals surface area contributed by atoms with Crippen molar-refractivity contribution in [3.63, 3.8) is 0 Å². The van der Waals surface area contributed by atoms with Crippen LogP contribution in [0, 0.1) is 0 Å². The van der Waals surface area contributed by atoms with Crippen LogP contribution in [0.5, 0.6) is 0 Å². The number of aldehydes is 1. The molecule has 1 aromatic carbocycles. The highest BCUT2D eigenvalue weighted by Crippen LogP contribution is 2.03. The van der Waals surface area contributed by atoms with Gasteiger partial charge in [-0.3, -0.25) is 0 Å².